The maximum atomic E-state index is 10.8. The number of ether oxygens (including phenoxy) is 2. The highest BCUT2D eigenvalue weighted by molar-refractivity contribution is 5.60. The van der Waals surface area contributed by atoms with Crippen molar-refractivity contribution in [2.24, 2.45) is 0 Å². The normalized spacial score (nSPS) is 43.9. The lowest BCUT2D eigenvalue weighted by Crippen LogP contribution is -2.64. The maximum absolute atomic E-state index is 10.8. The van der Waals surface area contributed by atoms with Gasteiger partial charge in [-0.05, 0) is 0 Å². The van der Waals surface area contributed by atoms with E-state index in [2.05, 4.69) is 9.47 Å². The molecule has 2 unspecified atom stereocenters. The Bertz CT molecular complexity index is 240. The minimum Gasteiger partial charge on any atom is -0.438 e. The fraction of sp³-hybridized carbons (Fsp3) is 0.875. The first-order valence-corrected chi connectivity index (χ1v) is 4.55. The second-order valence-electron chi connectivity index (χ2n) is 3.49. The number of hydrogen-bond acceptors (Lipinski definition) is 8. The number of aliphatic hydroxyl groups is 5. The first-order valence-electron chi connectivity index (χ1n) is 4.55. The predicted molar refractivity (Wildman–Crippen MR) is 47.3 cm³/mol. The summed E-state index contributed by atoms with van der Waals surface area (Å²) in [5.74, 6) is 0. The first kappa shape index (κ1) is 13.1. The second-order valence-corrected chi connectivity index (χ2v) is 3.49. The van der Waals surface area contributed by atoms with E-state index in [1.165, 1.54) is 0 Å². The molecule has 0 saturated heterocycles. The van der Waals surface area contributed by atoms with Crippen molar-refractivity contribution < 1.29 is 39.8 Å². The summed E-state index contributed by atoms with van der Waals surface area (Å²) in [7, 11) is 1.02. The zero-order valence-electron chi connectivity index (χ0n) is 8.42. The molecule has 0 bridgehead atoms. The topological polar surface area (TPSA) is 137 Å². The molecular weight excluding hydrogens is 224 g/mol. The number of aliphatic hydroxyl groups excluding tert-OH is 5. The molecule has 0 amide bonds. The number of rotatable bonds is 1. The molecule has 0 aromatic heterocycles. The van der Waals surface area contributed by atoms with E-state index in [1.54, 1.807) is 0 Å². The Labute approximate surface area is 90.6 Å². The predicted octanol–water partition coefficient (Wildman–Crippen LogP) is -3.04. The Hall–Kier alpha value is -0.930. The molecule has 1 rings (SSSR count). The fourth-order valence-corrected chi connectivity index (χ4v) is 1.50. The average molecular weight is 238 g/mol. The highest BCUT2D eigenvalue weighted by Gasteiger charge is 2.50. The van der Waals surface area contributed by atoms with E-state index < -0.39 is 42.8 Å². The zero-order chi connectivity index (χ0) is 12.5. The Morgan fingerprint density at radius 3 is 1.62 bits per heavy atom. The molecule has 6 atom stereocenters. The van der Waals surface area contributed by atoms with Gasteiger partial charge in [0.25, 0.3) is 0 Å². The second kappa shape index (κ2) is 4.93. The monoisotopic (exact) mass is 238 g/mol. The van der Waals surface area contributed by atoms with Crippen molar-refractivity contribution in [2.45, 2.75) is 36.6 Å². The Morgan fingerprint density at radius 2 is 1.25 bits per heavy atom. The van der Waals surface area contributed by atoms with Gasteiger partial charge in [-0.25, -0.2) is 4.79 Å². The van der Waals surface area contributed by atoms with Gasteiger partial charge in [0.15, 0.2) is 6.10 Å². The Balaban J connectivity index is 2.78. The van der Waals surface area contributed by atoms with E-state index in [9.17, 15) is 30.3 Å². The van der Waals surface area contributed by atoms with Crippen LogP contribution in [0.4, 0.5) is 4.79 Å². The Morgan fingerprint density at radius 1 is 0.875 bits per heavy atom. The molecule has 16 heavy (non-hydrogen) atoms. The van der Waals surface area contributed by atoms with Gasteiger partial charge in [-0.15, -0.1) is 0 Å². The van der Waals surface area contributed by atoms with Gasteiger partial charge >= 0.3 is 6.16 Å². The van der Waals surface area contributed by atoms with Crippen LogP contribution >= 0.6 is 0 Å². The highest BCUT2D eigenvalue weighted by Crippen LogP contribution is 2.24. The molecule has 0 aromatic carbocycles. The van der Waals surface area contributed by atoms with Gasteiger partial charge < -0.3 is 35.0 Å². The van der Waals surface area contributed by atoms with Crippen molar-refractivity contribution >= 4 is 6.16 Å². The fourth-order valence-electron chi connectivity index (χ4n) is 1.50. The van der Waals surface area contributed by atoms with Gasteiger partial charge in [0.1, 0.15) is 30.5 Å². The standard InChI is InChI=1S/C8H14O8/c1-15-8(14)16-7-5(12)3(10)2(9)4(11)6(7)13/h2-7,9-13H,1H3/t2?,3-,4-,5-,6+,7?/m0/s1. The SMILES string of the molecule is COC(=O)OC1[C@@H](O)[C@@H](O)C(O)[C@H](O)[C@H]1O. The molecule has 8 heteroatoms. The van der Waals surface area contributed by atoms with Crippen molar-refractivity contribution in [1.82, 2.24) is 0 Å². The molecule has 0 aliphatic heterocycles. The van der Waals surface area contributed by atoms with Crippen molar-refractivity contribution in [3.63, 3.8) is 0 Å². The molecule has 0 spiro atoms. The van der Waals surface area contributed by atoms with E-state index in [0.717, 1.165) is 7.11 Å². The molecule has 94 valence electrons. The summed E-state index contributed by atoms with van der Waals surface area (Å²) < 4.78 is 8.60. The van der Waals surface area contributed by atoms with Crippen LogP contribution in [0.3, 0.4) is 0 Å². The molecule has 5 N–H and O–H groups in total. The molecule has 0 aromatic rings. The summed E-state index contributed by atoms with van der Waals surface area (Å²) in [4.78, 5) is 10.8. The third kappa shape index (κ3) is 2.25. The van der Waals surface area contributed by atoms with Gasteiger partial charge in [0.2, 0.25) is 0 Å². The van der Waals surface area contributed by atoms with Crippen LogP contribution in [0.15, 0.2) is 0 Å². The lowest BCUT2D eigenvalue weighted by molar-refractivity contribution is -0.225. The summed E-state index contributed by atoms with van der Waals surface area (Å²) in [5, 5.41) is 46.6. The molecular formula is C8H14O8. The molecule has 1 saturated carbocycles. The molecule has 0 heterocycles. The van der Waals surface area contributed by atoms with E-state index in [1.807, 2.05) is 0 Å². The van der Waals surface area contributed by atoms with Gasteiger partial charge in [0.05, 0.1) is 7.11 Å². The summed E-state index contributed by atoms with van der Waals surface area (Å²) in [6.07, 6.45) is -11.4. The summed E-state index contributed by atoms with van der Waals surface area (Å²) in [5.41, 5.74) is 0. The number of methoxy groups -OCH3 is 1. The number of carbonyl (C=O) groups excluding carboxylic acids is 1. The van der Waals surface area contributed by atoms with Gasteiger partial charge in [-0.2, -0.15) is 0 Å². The summed E-state index contributed by atoms with van der Waals surface area (Å²) in [6, 6.07) is 0. The van der Waals surface area contributed by atoms with Crippen LogP contribution < -0.4 is 0 Å². The molecule has 0 radical (unpaired) electrons. The minimum atomic E-state index is -1.73. The zero-order valence-corrected chi connectivity index (χ0v) is 8.42. The van der Waals surface area contributed by atoms with Crippen molar-refractivity contribution in [3.05, 3.63) is 0 Å². The first-order chi connectivity index (χ1) is 7.40. The number of carbonyl (C=O) groups is 1. The van der Waals surface area contributed by atoms with Crippen LogP contribution in [0, 0.1) is 0 Å². The third-order valence-electron chi connectivity index (χ3n) is 2.47. The lowest BCUT2D eigenvalue weighted by atomic mass is 9.85. The van der Waals surface area contributed by atoms with Crippen LogP contribution in [0.1, 0.15) is 0 Å². The minimum absolute atomic E-state index is 1.02. The van der Waals surface area contributed by atoms with Crippen molar-refractivity contribution in [2.75, 3.05) is 7.11 Å². The third-order valence-corrected chi connectivity index (χ3v) is 2.47. The van der Waals surface area contributed by atoms with E-state index in [-0.39, 0.29) is 0 Å². The van der Waals surface area contributed by atoms with Crippen molar-refractivity contribution in [3.8, 4) is 0 Å². The van der Waals surface area contributed by atoms with Gasteiger partial charge in [-0.3, -0.25) is 0 Å². The summed E-state index contributed by atoms with van der Waals surface area (Å²) >= 11 is 0. The van der Waals surface area contributed by atoms with E-state index in [0.29, 0.717) is 0 Å². The molecule has 8 nitrogen and oxygen atoms in total. The van der Waals surface area contributed by atoms with Crippen LogP contribution in [0.2, 0.25) is 0 Å². The Kier molecular flexibility index (Phi) is 4.05. The summed E-state index contributed by atoms with van der Waals surface area (Å²) in [6.45, 7) is 0. The van der Waals surface area contributed by atoms with Crippen LogP contribution in [-0.4, -0.2) is 75.4 Å². The van der Waals surface area contributed by atoms with Gasteiger partial charge in [0, 0.05) is 0 Å². The van der Waals surface area contributed by atoms with Crippen molar-refractivity contribution in [1.29, 1.82) is 0 Å². The van der Waals surface area contributed by atoms with Crippen LogP contribution in [-0.2, 0) is 9.47 Å². The van der Waals surface area contributed by atoms with E-state index >= 15 is 0 Å². The maximum Gasteiger partial charge on any atom is 0.508 e. The quantitative estimate of drug-likeness (QED) is 0.304. The van der Waals surface area contributed by atoms with Crippen LogP contribution in [0.25, 0.3) is 0 Å². The lowest BCUT2D eigenvalue weighted by Gasteiger charge is -2.40. The smallest absolute Gasteiger partial charge is 0.438 e. The molecule has 1 fully saturated rings. The molecule has 1 aliphatic carbocycles. The van der Waals surface area contributed by atoms with Crippen LogP contribution in [0.5, 0.6) is 0 Å². The average Bonchev–Trinajstić information content (AvgIpc) is 2.29. The largest absolute Gasteiger partial charge is 0.508 e. The van der Waals surface area contributed by atoms with E-state index in [4.69, 9.17) is 0 Å². The number of hydrogen-bond donors (Lipinski definition) is 5. The van der Waals surface area contributed by atoms with Gasteiger partial charge in [-0.1, -0.05) is 0 Å². The molecule has 1 aliphatic rings. The highest BCUT2D eigenvalue weighted by atomic mass is 16.7.